The minimum Gasteiger partial charge on any atom is -0.313 e. The molecule has 0 spiro atoms. The summed E-state index contributed by atoms with van der Waals surface area (Å²) >= 11 is 0. The number of fused-ring (bicyclic) bond motifs is 1. The molecule has 0 bridgehead atoms. The van der Waals surface area contributed by atoms with Gasteiger partial charge in [0.15, 0.2) is 6.29 Å². The third-order valence-corrected chi connectivity index (χ3v) is 3.29. The lowest BCUT2D eigenvalue weighted by atomic mass is 10.1. The summed E-state index contributed by atoms with van der Waals surface area (Å²) in [4.78, 5) is 11.3. The van der Waals surface area contributed by atoms with Crippen LogP contribution in [0.15, 0.2) is 42.6 Å². The van der Waals surface area contributed by atoms with Crippen LogP contribution in [0.4, 0.5) is 8.78 Å². The maximum absolute atomic E-state index is 13.9. The number of hydrogen-bond donors (Lipinski definition) is 0. The fraction of sp³-hybridized carbons (Fsp3) is 0.0625. The van der Waals surface area contributed by atoms with Crippen LogP contribution in [-0.2, 0) is 0 Å². The van der Waals surface area contributed by atoms with Crippen LogP contribution in [0.2, 0.25) is 0 Å². The molecule has 0 aliphatic carbocycles. The molecule has 0 atom stereocenters. The number of benzene rings is 1. The number of carbonyl (C=O) groups excluding carboxylic acids is 1. The van der Waals surface area contributed by atoms with E-state index in [9.17, 15) is 13.6 Å². The van der Waals surface area contributed by atoms with E-state index in [0.29, 0.717) is 17.5 Å². The van der Waals surface area contributed by atoms with Gasteiger partial charge in [0.1, 0.15) is 11.6 Å². The summed E-state index contributed by atoms with van der Waals surface area (Å²) < 4.78 is 28.9. The molecule has 0 unspecified atom stereocenters. The molecule has 20 heavy (non-hydrogen) atoms. The van der Waals surface area contributed by atoms with Crippen molar-refractivity contribution in [3.63, 3.8) is 0 Å². The van der Waals surface area contributed by atoms with Crippen molar-refractivity contribution < 1.29 is 13.6 Å². The monoisotopic (exact) mass is 271 g/mol. The zero-order valence-corrected chi connectivity index (χ0v) is 10.7. The molecular weight excluding hydrogens is 260 g/mol. The fourth-order valence-corrected chi connectivity index (χ4v) is 2.34. The van der Waals surface area contributed by atoms with Crippen LogP contribution in [0.1, 0.15) is 16.1 Å². The van der Waals surface area contributed by atoms with Crippen LogP contribution in [0.3, 0.4) is 0 Å². The number of aromatic nitrogens is 1. The number of pyridine rings is 1. The molecule has 0 saturated carbocycles. The highest BCUT2D eigenvalue weighted by atomic mass is 19.1. The first kappa shape index (κ1) is 12.5. The molecule has 0 amide bonds. The fourth-order valence-electron chi connectivity index (χ4n) is 2.34. The van der Waals surface area contributed by atoms with Crippen LogP contribution in [-0.4, -0.2) is 10.7 Å². The van der Waals surface area contributed by atoms with Crippen LogP contribution in [0.25, 0.3) is 16.6 Å². The second kappa shape index (κ2) is 4.56. The SMILES string of the molecule is Cc1ccc2cc(-c3cc(F)ccc3F)c(C=O)n2c1. The van der Waals surface area contributed by atoms with E-state index >= 15 is 0 Å². The molecule has 2 nitrogen and oxygen atoms in total. The molecule has 0 saturated heterocycles. The normalized spacial score (nSPS) is 10.9. The summed E-state index contributed by atoms with van der Waals surface area (Å²) in [6, 6.07) is 8.63. The molecule has 1 aromatic carbocycles. The Hall–Kier alpha value is -2.49. The quantitative estimate of drug-likeness (QED) is 0.645. The molecule has 0 aliphatic rings. The number of rotatable bonds is 2. The minimum absolute atomic E-state index is 0.0912. The summed E-state index contributed by atoms with van der Waals surface area (Å²) in [5.41, 5.74) is 2.53. The average Bonchev–Trinajstić information content (AvgIpc) is 2.79. The van der Waals surface area contributed by atoms with Crippen LogP contribution < -0.4 is 0 Å². The highest BCUT2D eigenvalue weighted by molar-refractivity contribution is 5.90. The van der Waals surface area contributed by atoms with Crippen molar-refractivity contribution in [1.29, 1.82) is 0 Å². The van der Waals surface area contributed by atoms with E-state index in [2.05, 4.69) is 0 Å². The third kappa shape index (κ3) is 1.90. The van der Waals surface area contributed by atoms with Crippen LogP contribution >= 0.6 is 0 Å². The largest absolute Gasteiger partial charge is 0.313 e. The van der Waals surface area contributed by atoms with Gasteiger partial charge < -0.3 is 4.40 Å². The van der Waals surface area contributed by atoms with Gasteiger partial charge in [-0.15, -0.1) is 0 Å². The second-order valence-electron chi connectivity index (χ2n) is 4.69. The van der Waals surface area contributed by atoms with Gasteiger partial charge in [0.2, 0.25) is 0 Å². The molecule has 2 aromatic heterocycles. The number of hydrogen-bond acceptors (Lipinski definition) is 1. The van der Waals surface area contributed by atoms with Crippen molar-refractivity contribution in [3.05, 3.63) is 65.5 Å². The predicted octanol–water partition coefficient (Wildman–Crippen LogP) is 4.01. The molecule has 3 rings (SSSR count). The van der Waals surface area contributed by atoms with E-state index in [1.165, 1.54) is 0 Å². The Morgan fingerprint density at radius 2 is 1.85 bits per heavy atom. The average molecular weight is 271 g/mol. The number of carbonyl (C=O) groups is 1. The summed E-state index contributed by atoms with van der Waals surface area (Å²) in [6.45, 7) is 1.90. The highest BCUT2D eigenvalue weighted by Crippen LogP contribution is 2.29. The molecular formula is C16H11F2NO. The molecule has 4 heteroatoms. The summed E-state index contributed by atoms with van der Waals surface area (Å²) in [7, 11) is 0. The highest BCUT2D eigenvalue weighted by Gasteiger charge is 2.15. The smallest absolute Gasteiger partial charge is 0.167 e. The molecule has 2 heterocycles. The number of aldehydes is 1. The summed E-state index contributed by atoms with van der Waals surface area (Å²) in [6.07, 6.45) is 2.45. The van der Waals surface area contributed by atoms with Gasteiger partial charge in [-0.2, -0.15) is 0 Å². The zero-order valence-electron chi connectivity index (χ0n) is 10.7. The first-order valence-corrected chi connectivity index (χ1v) is 6.12. The molecule has 0 radical (unpaired) electrons. The standard InChI is InChI=1S/C16H11F2NO/c1-10-2-4-12-7-14(16(9-20)19(12)8-10)13-6-11(17)3-5-15(13)18/h2-9H,1H3. The molecule has 0 aliphatic heterocycles. The lowest BCUT2D eigenvalue weighted by molar-refractivity contribution is 0.111. The van der Waals surface area contributed by atoms with E-state index in [0.717, 1.165) is 29.3 Å². The predicted molar refractivity (Wildman–Crippen MR) is 72.9 cm³/mol. The molecule has 0 N–H and O–H groups in total. The Bertz CT molecular complexity index is 821. The number of aryl methyl sites for hydroxylation is 1. The van der Waals surface area contributed by atoms with Gasteiger partial charge in [0.25, 0.3) is 0 Å². The van der Waals surface area contributed by atoms with Crippen LogP contribution in [0.5, 0.6) is 0 Å². The van der Waals surface area contributed by atoms with Crippen molar-refractivity contribution in [2.24, 2.45) is 0 Å². The first-order valence-electron chi connectivity index (χ1n) is 6.12. The maximum atomic E-state index is 13.9. The zero-order chi connectivity index (χ0) is 14.3. The Kier molecular flexibility index (Phi) is 2.86. The van der Waals surface area contributed by atoms with Gasteiger partial charge in [-0.1, -0.05) is 6.07 Å². The van der Waals surface area contributed by atoms with Crippen molar-refractivity contribution in [2.75, 3.05) is 0 Å². The number of nitrogens with zero attached hydrogens (tertiary/aromatic N) is 1. The van der Waals surface area contributed by atoms with E-state index < -0.39 is 11.6 Å². The lowest BCUT2D eigenvalue weighted by Gasteiger charge is -2.03. The number of halogens is 2. The van der Waals surface area contributed by atoms with Crippen LogP contribution in [0, 0.1) is 18.6 Å². The Balaban J connectivity index is 2.36. The van der Waals surface area contributed by atoms with E-state index in [1.54, 1.807) is 16.7 Å². The Morgan fingerprint density at radius 1 is 1.05 bits per heavy atom. The van der Waals surface area contributed by atoms with Gasteiger partial charge in [0.05, 0.1) is 5.69 Å². The third-order valence-electron chi connectivity index (χ3n) is 3.29. The van der Waals surface area contributed by atoms with Gasteiger partial charge in [-0.05, 0) is 42.8 Å². The Morgan fingerprint density at radius 3 is 2.60 bits per heavy atom. The van der Waals surface area contributed by atoms with Gasteiger partial charge in [-0.3, -0.25) is 4.79 Å². The molecule has 3 aromatic rings. The van der Waals surface area contributed by atoms with E-state index in [4.69, 9.17) is 0 Å². The summed E-state index contributed by atoms with van der Waals surface area (Å²) in [5, 5.41) is 0. The first-order chi connectivity index (χ1) is 9.60. The lowest BCUT2D eigenvalue weighted by Crippen LogP contribution is -1.94. The van der Waals surface area contributed by atoms with E-state index in [1.807, 2.05) is 19.1 Å². The molecule has 100 valence electrons. The topological polar surface area (TPSA) is 21.5 Å². The summed E-state index contributed by atoms with van der Waals surface area (Å²) in [5.74, 6) is -1.09. The molecule has 0 fully saturated rings. The Labute approximate surface area is 114 Å². The van der Waals surface area contributed by atoms with Crippen molar-refractivity contribution >= 4 is 11.8 Å². The van der Waals surface area contributed by atoms with Gasteiger partial charge in [0, 0.05) is 22.8 Å². The second-order valence-corrected chi connectivity index (χ2v) is 4.69. The van der Waals surface area contributed by atoms with Gasteiger partial charge >= 0.3 is 0 Å². The van der Waals surface area contributed by atoms with Crippen molar-refractivity contribution in [1.82, 2.24) is 4.40 Å². The van der Waals surface area contributed by atoms with E-state index in [-0.39, 0.29) is 5.56 Å². The maximum Gasteiger partial charge on any atom is 0.167 e. The van der Waals surface area contributed by atoms with Crippen molar-refractivity contribution in [3.8, 4) is 11.1 Å². The van der Waals surface area contributed by atoms with Crippen molar-refractivity contribution in [2.45, 2.75) is 6.92 Å². The van der Waals surface area contributed by atoms with Gasteiger partial charge in [-0.25, -0.2) is 8.78 Å². The minimum atomic E-state index is -0.554.